The zero-order valence-electron chi connectivity index (χ0n) is 21.1. The first-order chi connectivity index (χ1) is 18.9. The number of aromatic nitrogens is 4. The number of ether oxygens (including phenoxy) is 4. The van der Waals surface area contributed by atoms with E-state index in [1.165, 1.54) is 17.8 Å². The van der Waals surface area contributed by atoms with E-state index in [9.17, 15) is 4.79 Å². The summed E-state index contributed by atoms with van der Waals surface area (Å²) in [5.74, 6) is -0.686. The Morgan fingerprint density at radius 1 is 1.10 bits per heavy atom. The molecule has 4 aromatic rings. The van der Waals surface area contributed by atoms with Gasteiger partial charge in [0.2, 0.25) is 5.95 Å². The van der Waals surface area contributed by atoms with Crippen molar-refractivity contribution in [2.75, 3.05) is 19.0 Å². The fourth-order valence-corrected chi connectivity index (χ4v) is 4.84. The Kier molecular flexibility index (Phi) is 8.03. The maximum Gasteiger partial charge on any atom is 0.303 e. The third-order valence-corrected chi connectivity index (χ3v) is 6.65. The number of imidazole rings is 1. The molecule has 2 aromatic carbocycles. The summed E-state index contributed by atoms with van der Waals surface area (Å²) in [4.78, 5) is 24.7. The van der Waals surface area contributed by atoms with Gasteiger partial charge in [-0.2, -0.15) is 9.97 Å². The Morgan fingerprint density at radius 2 is 1.77 bits per heavy atom. The molecule has 10 nitrogen and oxygen atoms in total. The fourth-order valence-electron chi connectivity index (χ4n) is 4.62. The average Bonchev–Trinajstić information content (AvgIpc) is 3.48. The number of alkyl halides is 1. The predicted octanol–water partition coefficient (Wildman–Crippen LogP) is 4.03. The highest BCUT2D eigenvalue weighted by Crippen LogP contribution is 2.43. The molecule has 0 aliphatic carbocycles. The van der Waals surface area contributed by atoms with E-state index in [-0.39, 0.29) is 42.1 Å². The number of halogens is 2. The van der Waals surface area contributed by atoms with Crippen LogP contribution in [0, 0.1) is 0 Å². The molecular weight excluding hydrogens is 529 g/mol. The third kappa shape index (κ3) is 5.71. The lowest BCUT2D eigenvalue weighted by molar-refractivity contribution is -0.165. The van der Waals surface area contributed by atoms with Crippen LogP contribution < -0.4 is 5.73 Å². The Labute approximate surface area is 228 Å². The number of hydrogen-bond acceptors (Lipinski definition) is 9. The summed E-state index contributed by atoms with van der Waals surface area (Å²) in [6.07, 6.45) is -1.82. The molecule has 39 heavy (non-hydrogen) atoms. The Bertz CT molecular complexity index is 1430. The highest BCUT2D eigenvalue weighted by molar-refractivity contribution is 6.33. The number of carbonyl (C=O) groups excluding carboxylic acids is 1. The van der Waals surface area contributed by atoms with Crippen LogP contribution in [0.15, 0.2) is 67.0 Å². The van der Waals surface area contributed by atoms with Gasteiger partial charge >= 0.3 is 5.97 Å². The van der Waals surface area contributed by atoms with Gasteiger partial charge in [0.15, 0.2) is 28.7 Å². The lowest BCUT2D eigenvalue weighted by atomic mass is 9.96. The molecule has 2 N–H and O–H groups in total. The van der Waals surface area contributed by atoms with Gasteiger partial charge in [0.25, 0.3) is 0 Å². The van der Waals surface area contributed by atoms with Crippen LogP contribution in [0.3, 0.4) is 0 Å². The molecule has 1 aliphatic rings. The molecule has 0 amide bonds. The second-order valence-corrected chi connectivity index (χ2v) is 9.53. The molecule has 0 unspecified atom stereocenters. The maximum absolute atomic E-state index is 15.1. The number of benzene rings is 2. The van der Waals surface area contributed by atoms with Crippen molar-refractivity contribution in [1.82, 2.24) is 19.5 Å². The maximum atomic E-state index is 15.1. The molecular formula is C27H27ClFN5O5. The van der Waals surface area contributed by atoms with Gasteiger partial charge in [-0.3, -0.25) is 9.36 Å². The van der Waals surface area contributed by atoms with Crippen LogP contribution >= 0.6 is 11.6 Å². The number of hydrogen-bond donors (Lipinski definition) is 1. The topological polar surface area (TPSA) is 124 Å². The van der Waals surface area contributed by atoms with Crippen molar-refractivity contribution >= 4 is 34.7 Å². The standard InChI is InChI=1S/C27H27ClFN5O5/c1-17(35)38-21-22(37-13-19-10-6-3-7-11-19)27(14-29,15-36-12-18-8-4-2-5-9-18)39-25(21)34-16-31-20-23(28)32-26(30)33-24(20)34/h2-11,16,21-22,25H,12-15H2,1H3,(H2,30,32,33)/t21-,22+,25-,27-/m1/s1. The number of anilines is 1. The summed E-state index contributed by atoms with van der Waals surface area (Å²) < 4.78 is 40.9. The summed E-state index contributed by atoms with van der Waals surface area (Å²) in [5, 5.41) is 0.0399. The number of carbonyl (C=O) groups is 1. The molecule has 0 spiro atoms. The second-order valence-electron chi connectivity index (χ2n) is 9.17. The van der Waals surface area contributed by atoms with Crippen molar-refractivity contribution in [2.45, 2.75) is 44.2 Å². The predicted molar refractivity (Wildman–Crippen MR) is 140 cm³/mol. The fraction of sp³-hybridized carbons (Fsp3) is 0.333. The van der Waals surface area contributed by atoms with Crippen molar-refractivity contribution in [2.24, 2.45) is 0 Å². The van der Waals surface area contributed by atoms with Gasteiger partial charge in [-0.25, -0.2) is 9.37 Å². The zero-order chi connectivity index (χ0) is 27.4. The summed E-state index contributed by atoms with van der Waals surface area (Å²) in [7, 11) is 0. The quantitative estimate of drug-likeness (QED) is 0.228. The summed E-state index contributed by atoms with van der Waals surface area (Å²) >= 11 is 6.22. The first kappa shape index (κ1) is 26.9. The van der Waals surface area contributed by atoms with E-state index >= 15 is 4.39 Å². The molecule has 204 valence electrons. The summed E-state index contributed by atoms with van der Waals surface area (Å²) in [5.41, 5.74) is 6.44. The van der Waals surface area contributed by atoms with Gasteiger partial charge in [-0.1, -0.05) is 72.3 Å². The third-order valence-electron chi connectivity index (χ3n) is 6.38. The molecule has 3 heterocycles. The first-order valence-electron chi connectivity index (χ1n) is 12.2. The minimum Gasteiger partial charge on any atom is -0.455 e. The van der Waals surface area contributed by atoms with Gasteiger partial charge in [0.1, 0.15) is 18.3 Å². The van der Waals surface area contributed by atoms with Gasteiger partial charge in [0.05, 0.1) is 26.1 Å². The molecule has 4 atom stereocenters. The van der Waals surface area contributed by atoms with E-state index in [0.717, 1.165) is 11.1 Å². The van der Waals surface area contributed by atoms with Crippen molar-refractivity contribution < 1.29 is 28.1 Å². The van der Waals surface area contributed by atoms with Crippen LogP contribution in [0.4, 0.5) is 10.3 Å². The van der Waals surface area contributed by atoms with Crippen molar-refractivity contribution in [3.63, 3.8) is 0 Å². The number of nitrogen functional groups attached to an aromatic ring is 1. The number of esters is 1. The van der Waals surface area contributed by atoms with Crippen LogP contribution in [0.1, 0.15) is 24.3 Å². The van der Waals surface area contributed by atoms with Crippen molar-refractivity contribution in [1.29, 1.82) is 0 Å². The number of nitrogens with zero attached hydrogens (tertiary/aromatic N) is 4. The monoisotopic (exact) mass is 555 g/mol. The number of fused-ring (bicyclic) bond motifs is 1. The van der Waals surface area contributed by atoms with Crippen LogP contribution in [0.2, 0.25) is 5.15 Å². The number of rotatable bonds is 10. The van der Waals surface area contributed by atoms with Gasteiger partial charge in [0, 0.05) is 6.92 Å². The molecule has 0 radical (unpaired) electrons. The normalized spacial score (nSPS) is 22.8. The van der Waals surface area contributed by atoms with E-state index in [1.807, 2.05) is 60.7 Å². The first-order valence-corrected chi connectivity index (χ1v) is 12.6. The molecule has 1 fully saturated rings. The van der Waals surface area contributed by atoms with E-state index in [4.69, 9.17) is 36.3 Å². The van der Waals surface area contributed by atoms with Gasteiger partial charge in [-0.05, 0) is 11.1 Å². The summed E-state index contributed by atoms with van der Waals surface area (Å²) in [6, 6.07) is 18.8. The second kappa shape index (κ2) is 11.6. The molecule has 0 bridgehead atoms. The van der Waals surface area contributed by atoms with Crippen LogP contribution in [-0.4, -0.2) is 56.6 Å². The Hall–Kier alpha value is -3.64. The summed E-state index contributed by atoms with van der Waals surface area (Å²) in [6.45, 7) is 0.422. The lowest BCUT2D eigenvalue weighted by Gasteiger charge is -2.32. The molecule has 0 saturated carbocycles. The Balaban J connectivity index is 1.52. The van der Waals surface area contributed by atoms with E-state index in [0.29, 0.717) is 0 Å². The SMILES string of the molecule is CC(=O)O[C@H]1[C@H](n2cnc3c(Cl)nc(N)nc32)O[C@](CF)(COCc2ccccc2)[C@H]1OCc1ccccc1. The lowest BCUT2D eigenvalue weighted by Crippen LogP contribution is -2.51. The minimum absolute atomic E-state index is 0.0399. The van der Waals surface area contributed by atoms with Crippen LogP contribution in [0.25, 0.3) is 11.2 Å². The van der Waals surface area contributed by atoms with Gasteiger partial charge in [-0.15, -0.1) is 0 Å². The van der Waals surface area contributed by atoms with Crippen molar-refractivity contribution in [3.8, 4) is 0 Å². The molecule has 1 aliphatic heterocycles. The molecule has 2 aromatic heterocycles. The largest absolute Gasteiger partial charge is 0.455 e. The highest BCUT2D eigenvalue weighted by atomic mass is 35.5. The van der Waals surface area contributed by atoms with Gasteiger partial charge < -0.3 is 24.7 Å². The van der Waals surface area contributed by atoms with E-state index in [1.54, 1.807) is 0 Å². The zero-order valence-corrected chi connectivity index (χ0v) is 21.8. The Morgan fingerprint density at radius 3 is 2.41 bits per heavy atom. The molecule has 1 saturated heterocycles. The van der Waals surface area contributed by atoms with Crippen molar-refractivity contribution in [3.05, 3.63) is 83.3 Å². The minimum atomic E-state index is -1.63. The highest BCUT2D eigenvalue weighted by Gasteiger charge is 2.59. The molecule has 5 rings (SSSR count). The average molecular weight is 556 g/mol. The van der Waals surface area contributed by atoms with E-state index < -0.39 is 36.7 Å². The van der Waals surface area contributed by atoms with Crippen LogP contribution in [0.5, 0.6) is 0 Å². The smallest absolute Gasteiger partial charge is 0.303 e. The molecule has 12 heteroatoms. The van der Waals surface area contributed by atoms with Crippen LogP contribution in [-0.2, 0) is 37.0 Å². The number of nitrogens with two attached hydrogens (primary N) is 1. The van der Waals surface area contributed by atoms with E-state index in [2.05, 4.69) is 15.0 Å².